The first-order chi connectivity index (χ1) is 7.36. The molecule has 2 aromatic rings. The molecule has 7 heteroatoms. The summed E-state index contributed by atoms with van der Waals surface area (Å²) in [5.74, 6) is 0. The molecule has 2 rings (SSSR count). The van der Waals surface area contributed by atoms with E-state index in [0.29, 0.717) is 5.69 Å². The van der Waals surface area contributed by atoms with E-state index in [2.05, 4.69) is 4.98 Å². The summed E-state index contributed by atoms with van der Waals surface area (Å²) in [6.07, 6.45) is -4.40. The largest absolute Gasteiger partial charge is 0.435 e. The molecule has 0 amide bonds. The van der Waals surface area contributed by atoms with Crippen molar-refractivity contribution in [2.75, 3.05) is 0 Å². The van der Waals surface area contributed by atoms with Gasteiger partial charge in [0.05, 0.1) is 0 Å². The van der Waals surface area contributed by atoms with Crippen LogP contribution in [-0.4, -0.2) is 15.7 Å². The van der Waals surface area contributed by atoms with E-state index in [0.717, 1.165) is 16.2 Å². The number of rotatable bonds is 1. The van der Waals surface area contributed by atoms with Crippen molar-refractivity contribution in [1.82, 2.24) is 9.38 Å². The number of aromatic nitrogens is 2. The summed E-state index contributed by atoms with van der Waals surface area (Å²) in [6.45, 7) is 3.43. The summed E-state index contributed by atoms with van der Waals surface area (Å²) in [6, 6.07) is 0. The van der Waals surface area contributed by atoms with Crippen LogP contribution < -0.4 is 0 Å². The molecule has 3 nitrogen and oxygen atoms in total. The SMILES string of the molecule is Cc1sc2nc(C(F)(F)F)c(C=O)n2c1C. The number of aldehydes is 1. The fourth-order valence-corrected chi connectivity index (χ4v) is 2.47. The molecule has 0 unspecified atom stereocenters. The van der Waals surface area contributed by atoms with Crippen LogP contribution in [0.1, 0.15) is 26.8 Å². The lowest BCUT2D eigenvalue weighted by Crippen LogP contribution is -2.09. The average molecular weight is 248 g/mol. The standard InChI is InChI=1S/C9H7F3N2OS/c1-4-5(2)16-8-13-7(9(10,11)12)6(3-15)14(4)8/h3H,1-2H3. The molecule has 0 saturated carbocycles. The van der Waals surface area contributed by atoms with Crippen LogP contribution in [0.2, 0.25) is 0 Å². The van der Waals surface area contributed by atoms with Crippen molar-refractivity contribution in [3.8, 4) is 0 Å². The van der Waals surface area contributed by atoms with E-state index in [1.165, 1.54) is 4.40 Å². The zero-order chi connectivity index (χ0) is 12.1. The van der Waals surface area contributed by atoms with Gasteiger partial charge in [0.1, 0.15) is 5.69 Å². The van der Waals surface area contributed by atoms with Gasteiger partial charge in [-0.2, -0.15) is 13.2 Å². The van der Waals surface area contributed by atoms with E-state index >= 15 is 0 Å². The number of halogens is 3. The molecule has 0 aliphatic carbocycles. The molecule has 0 aliphatic rings. The molecule has 0 N–H and O–H groups in total. The molecular formula is C9H7F3N2OS. The third kappa shape index (κ3) is 1.42. The van der Waals surface area contributed by atoms with Crippen LogP contribution >= 0.6 is 11.3 Å². The molecule has 0 saturated heterocycles. The Morgan fingerprint density at radius 3 is 2.50 bits per heavy atom. The van der Waals surface area contributed by atoms with Gasteiger partial charge in [0, 0.05) is 10.6 Å². The van der Waals surface area contributed by atoms with E-state index in [1.807, 2.05) is 0 Å². The van der Waals surface area contributed by atoms with Crippen LogP contribution in [0.3, 0.4) is 0 Å². The minimum absolute atomic E-state index is 0.196. The number of carbonyl (C=O) groups is 1. The summed E-state index contributed by atoms with van der Waals surface area (Å²) >= 11 is 1.14. The highest BCUT2D eigenvalue weighted by atomic mass is 32.1. The third-order valence-electron chi connectivity index (χ3n) is 2.35. The van der Waals surface area contributed by atoms with Crippen molar-refractivity contribution in [3.63, 3.8) is 0 Å². The van der Waals surface area contributed by atoms with Crippen LogP contribution in [0.25, 0.3) is 4.96 Å². The minimum atomic E-state index is -4.59. The number of imidazole rings is 1. The highest BCUT2D eigenvalue weighted by Crippen LogP contribution is 2.34. The zero-order valence-electron chi connectivity index (χ0n) is 8.42. The van der Waals surface area contributed by atoms with Gasteiger partial charge in [-0.1, -0.05) is 0 Å². The molecule has 0 fully saturated rings. The van der Waals surface area contributed by atoms with Crippen LogP contribution in [0.15, 0.2) is 0 Å². The molecule has 0 spiro atoms. The van der Waals surface area contributed by atoms with E-state index in [1.54, 1.807) is 13.8 Å². The lowest BCUT2D eigenvalue weighted by atomic mass is 10.3. The predicted molar refractivity (Wildman–Crippen MR) is 52.9 cm³/mol. The van der Waals surface area contributed by atoms with Gasteiger partial charge in [-0.15, -0.1) is 11.3 Å². The summed E-state index contributed by atoms with van der Waals surface area (Å²) in [5, 5.41) is 0. The van der Waals surface area contributed by atoms with Crippen LogP contribution in [0, 0.1) is 13.8 Å². The number of nitrogens with zero attached hydrogens (tertiary/aromatic N) is 2. The maximum atomic E-state index is 12.6. The quantitative estimate of drug-likeness (QED) is 0.727. The fourth-order valence-electron chi connectivity index (χ4n) is 1.49. The lowest BCUT2D eigenvalue weighted by Gasteiger charge is -2.03. The number of carbonyl (C=O) groups excluding carboxylic acids is 1. The second-order valence-corrected chi connectivity index (χ2v) is 4.50. The van der Waals surface area contributed by atoms with Gasteiger partial charge >= 0.3 is 6.18 Å². The van der Waals surface area contributed by atoms with Gasteiger partial charge in [-0.3, -0.25) is 9.20 Å². The smallest absolute Gasteiger partial charge is 0.296 e. The minimum Gasteiger partial charge on any atom is -0.296 e. The van der Waals surface area contributed by atoms with Gasteiger partial charge in [0.15, 0.2) is 16.9 Å². The molecule has 0 aromatic carbocycles. The molecule has 0 aliphatic heterocycles. The number of fused-ring (bicyclic) bond motifs is 1. The first-order valence-corrected chi connectivity index (χ1v) is 5.18. The monoisotopic (exact) mass is 248 g/mol. The Morgan fingerprint density at radius 2 is 2.00 bits per heavy atom. The zero-order valence-corrected chi connectivity index (χ0v) is 9.24. The Bertz CT molecular complexity index is 567. The molecule has 2 aromatic heterocycles. The predicted octanol–water partition coefficient (Wildman–Crippen LogP) is 2.84. The summed E-state index contributed by atoms with van der Waals surface area (Å²) in [7, 11) is 0. The number of hydrogen-bond acceptors (Lipinski definition) is 3. The van der Waals surface area contributed by atoms with Crippen molar-refractivity contribution in [2.24, 2.45) is 0 Å². The van der Waals surface area contributed by atoms with Crippen molar-refractivity contribution in [2.45, 2.75) is 20.0 Å². The highest BCUT2D eigenvalue weighted by Gasteiger charge is 2.38. The van der Waals surface area contributed by atoms with Crippen LogP contribution in [0.5, 0.6) is 0 Å². The van der Waals surface area contributed by atoms with Crippen molar-refractivity contribution in [3.05, 3.63) is 22.0 Å². The Kier molecular flexibility index (Phi) is 2.30. The van der Waals surface area contributed by atoms with Gasteiger partial charge in [-0.25, -0.2) is 4.98 Å². The third-order valence-corrected chi connectivity index (χ3v) is 3.41. The van der Waals surface area contributed by atoms with Crippen molar-refractivity contribution >= 4 is 22.6 Å². The Hall–Kier alpha value is -1.37. The van der Waals surface area contributed by atoms with Crippen LogP contribution in [0.4, 0.5) is 13.2 Å². The molecule has 0 bridgehead atoms. The first-order valence-electron chi connectivity index (χ1n) is 4.37. The number of aryl methyl sites for hydroxylation is 2. The van der Waals surface area contributed by atoms with Gasteiger partial charge in [-0.05, 0) is 13.8 Å². The van der Waals surface area contributed by atoms with E-state index < -0.39 is 17.6 Å². The number of thiazole rings is 1. The second kappa shape index (κ2) is 3.31. The van der Waals surface area contributed by atoms with E-state index in [9.17, 15) is 18.0 Å². The number of hydrogen-bond donors (Lipinski definition) is 0. The second-order valence-electron chi connectivity index (χ2n) is 3.32. The molecule has 2 heterocycles. The lowest BCUT2D eigenvalue weighted by molar-refractivity contribution is -0.141. The number of alkyl halides is 3. The van der Waals surface area contributed by atoms with E-state index in [-0.39, 0.29) is 11.2 Å². The summed E-state index contributed by atoms with van der Waals surface area (Å²) in [4.78, 5) is 15.3. The molecule has 0 radical (unpaired) electrons. The van der Waals surface area contributed by atoms with Gasteiger partial charge in [0.25, 0.3) is 0 Å². The van der Waals surface area contributed by atoms with Crippen molar-refractivity contribution in [1.29, 1.82) is 0 Å². The van der Waals surface area contributed by atoms with Crippen LogP contribution in [-0.2, 0) is 6.18 Å². The normalized spacial score (nSPS) is 12.3. The van der Waals surface area contributed by atoms with Gasteiger partial charge < -0.3 is 0 Å². The average Bonchev–Trinajstić information content (AvgIpc) is 2.65. The Morgan fingerprint density at radius 1 is 1.38 bits per heavy atom. The summed E-state index contributed by atoms with van der Waals surface area (Å²) in [5.41, 5.74) is -0.925. The maximum Gasteiger partial charge on any atom is 0.435 e. The first kappa shape index (κ1) is 11.1. The Balaban J connectivity index is 2.85. The van der Waals surface area contributed by atoms with Gasteiger partial charge in [0.2, 0.25) is 0 Å². The van der Waals surface area contributed by atoms with E-state index in [4.69, 9.17) is 0 Å². The molecule has 86 valence electrons. The fraction of sp³-hybridized carbons (Fsp3) is 0.333. The topological polar surface area (TPSA) is 34.4 Å². The summed E-state index contributed by atoms with van der Waals surface area (Å²) < 4.78 is 38.9. The maximum absolute atomic E-state index is 12.6. The highest BCUT2D eigenvalue weighted by molar-refractivity contribution is 7.17. The molecule has 0 atom stereocenters. The Labute approximate surface area is 92.5 Å². The molecule has 16 heavy (non-hydrogen) atoms. The molecular weight excluding hydrogens is 241 g/mol. The van der Waals surface area contributed by atoms with Crippen molar-refractivity contribution < 1.29 is 18.0 Å².